The van der Waals surface area contributed by atoms with Crippen LogP contribution in [-0.4, -0.2) is 100 Å². The van der Waals surface area contributed by atoms with Crippen molar-refractivity contribution in [2.45, 2.75) is 217 Å². The predicted molar refractivity (Wildman–Crippen MR) is 259 cm³/mol. The van der Waals surface area contributed by atoms with Crippen LogP contribution in [0.15, 0.2) is 85.1 Å². The number of allylic oxidation sites excluding steroid dienone is 13. The van der Waals surface area contributed by atoms with Crippen molar-refractivity contribution in [1.82, 2.24) is 5.32 Å². The fourth-order valence-corrected chi connectivity index (χ4v) is 6.97. The Hall–Kier alpha value is -3.16. The van der Waals surface area contributed by atoms with Crippen molar-refractivity contribution in [3.63, 3.8) is 0 Å². The minimum Gasteiger partial charge on any atom is -0.466 e. The van der Waals surface area contributed by atoms with Crippen LogP contribution in [0.25, 0.3) is 0 Å². The zero-order chi connectivity index (χ0) is 46.7. The maximum atomic E-state index is 12.9. The largest absolute Gasteiger partial charge is 0.466 e. The number of hydrogen-bond acceptors (Lipinski definition) is 10. The highest BCUT2D eigenvalue weighted by Crippen LogP contribution is 2.22. The van der Waals surface area contributed by atoms with E-state index in [1.165, 1.54) is 44.9 Å². The smallest absolute Gasteiger partial charge is 0.305 e. The molecule has 0 spiro atoms. The SMILES string of the molecule is CC/C=C/CC/C=C/CC/C=C/C(O)C(COC1OC(CO)C(O)C(O)C1O)NC(=O)CC/C=C\C/C=C\CCCCCCCCOC(=O)CCCCCCC/C=C\C/C=C\CCC. The van der Waals surface area contributed by atoms with Gasteiger partial charge in [0.15, 0.2) is 6.29 Å². The van der Waals surface area contributed by atoms with E-state index in [2.05, 4.69) is 79.9 Å². The van der Waals surface area contributed by atoms with Crippen LogP contribution < -0.4 is 5.32 Å². The molecule has 1 aliphatic heterocycles. The molecule has 0 saturated carbocycles. The Kier molecular flexibility index (Phi) is 39.1. The molecule has 11 nitrogen and oxygen atoms in total. The second-order valence-corrected chi connectivity index (χ2v) is 16.8. The summed E-state index contributed by atoms with van der Waals surface area (Å²) in [7, 11) is 0. The third-order valence-corrected chi connectivity index (χ3v) is 10.9. The van der Waals surface area contributed by atoms with Crippen molar-refractivity contribution in [3.05, 3.63) is 85.1 Å². The maximum absolute atomic E-state index is 12.9. The zero-order valence-electron chi connectivity index (χ0n) is 39.7. The van der Waals surface area contributed by atoms with Gasteiger partial charge in [-0.1, -0.05) is 150 Å². The van der Waals surface area contributed by atoms with Crippen LogP contribution in [0.5, 0.6) is 0 Å². The van der Waals surface area contributed by atoms with E-state index in [9.17, 15) is 35.1 Å². The first-order chi connectivity index (χ1) is 31.2. The quantitative estimate of drug-likeness (QED) is 0.0197. The molecule has 1 rings (SSSR count). The molecule has 1 aliphatic rings. The lowest BCUT2D eigenvalue weighted by Gasteiger charge is -2.40. The van der Waals surface area contributed by atoms with Gasteiger partial charge in [-0.2, -0.15) is 0 Å². The van der Waals surface area contributed by atoms with Gasteiger partial charge in [-0.05, 0) is 96.3 Å². The number of carbonyl (C=O) groups is 2. The van der Waals surface area contributed by atoms with Gasteiger partial charge in [0, 0.05) is 12.8 Å². The van der Waals surface area contributed by atoms with Crippen LogP contribution in [0.2, 0.25) is 0 Å². The summed E-state index contributed by atoms with van der Waals surface area (Å²) in [5.41, 5.74) is 0. The number of rotatable bonds is 40. The molecule has 1 fully saturated rings. The third-order valence-electron chi connectivity index (χ3n) is 10.9. The highest BCUT2D eigenvalue weighted by atomic mass is 16.7. The fourth-order valence-electron chi connectivity index (χ4n) is 6.97. The molecule has 0 aromatic heterocycles. The van der Waals surface area contributed by atoms with Gasteiger partial charge in [-0.15, -0.1) is 0 Å². The standard InChI is InChI=1S/C53H89NO10/c1-3-5-7-9-11-13-15-17-21-25-29-33-37-41-49(58)62-42-38-34-30-26-22-19-16-18-20-24-28-32-36-40-48(57)54-45(44-63-53-52(61)51(60)50(59)47(43-55)64-53)46(56)39-35-31-27-23-14-12-10-8-6-4-2/h6-9,13-15,18,20,23,28,32,35,39,45-47,50-53,55-56,59-61H,3-5,10-12,16-17,19,21-22,24-27,29-31,33-34,36-38,40-44H2,1-2H3,(H,54,57)/b8-6+,9-7-,15-13-,20-18-,23-14+,32-28-,39-35+. The van der Waals surface area contributed by atoms with E-state index in [-0.39, 0.29) is 24.9 Å². The Labute approximate surface area is 387 Å². The number of carbonyl (C=O) groups excluding carboxylic acids is 2. The Morgan fingerprint density at radius 3 is 1.73 bits per heavy atom. The number of esters is 1. The van der Waals surface area contributed by atoms with Crippen molar-refractivity contribution in [2.75, 3.05) is 19.8 Å². The van der Waals surface area contributed by atoms with Crippen LogP contribution in [0, 0.1) is 0 Å². The number of aliphatic hydroxyl groups is 5. The molecule has 7 unspecified atom stereocenters. The van der Waals surface area contributed by atoms with Gasteiger partial charge in [0.1, 0.15) is 24.4 Å². The first kappa shape index (κ1) is 58.9. The molecule has 0 aromatic carbocycles. The first-order valence-electron chi connectivity index (χ1n) is 24.9. The van der Waals surface area contributed by atoms with Gasteiger partial charge < -0.3 is 45.1 Å². The molecule has 0 bridgehead atoms. The van der Waals surface area contributed by atoms with Crippen molar-refractivity contribution in [2.24, 2.45) is 0 Å². The summed E-state index contributed by atoms with van der Waals surface area (Å²) in [6, 6.07) is -0.880. The molecule has 6 N–H and O–H groups in total. The van der Waals surface area contributed by atoms with Crippen LogP contribution >= 0.6 is 0 Å². The molecular formula is C53H89NO10. The summed E-state index contributed by atoms with van der Waals surface area (Å²) in [6.45, 7) is 3.99. The van der Waals surface area contributed by atoms with Crippen LogP contribution in [0.1, 0.15) is 174 Å². The average molecular weight is 900 g/mol. The lowest BCUT2D eigenvalue weighted by Crippen LogP contribution is -2.60. The lowest BCUT2D eigenvalue weighted by molar-refractivity contribution is -0.302. The third kappa shape index (κ3) is 32.5. The average Bonchev–Trinajstić information content (AvgIpc) is 3.29. The molecule has 64 heavy (non-hydrogen) atoms. The number of unbranched alkanes of at least 4 members (excludes halogenated alkanes) is 14. The Morgan fingerprint density at radius 1 is 0.594 bits per heavy atom. The Bertz CT molecular complexity index is 1340. The summed E-state index contributed by atoms with van der Waals surface area (Å²) < 4.78 is 16.6. The van der Waals surface area contributed by atoms with E-state index < -0.39 is 49.5 Å². The highest BCUT2D eigenvalue weighted by Gasteiger charge is 2.44. The van der Waals surface area contributed by atoms with Crippen LogP contribution in [-0.2, 0) is 23.8 Å². The first-order valence-corrected chi connectivity index (χ1v) is 24.9. The lowest BCUT2D eigenvalue weighted by atomic mass is 9.99. The van der Waals surface area contributed by atoms with Gasteiger partial charge >= 0.3 is 5.97 Å². The topological polar surface area (TPSA) is 175 Å². The number of amides is 1. The minimum absolute atomic E-state index is 0.0587. The Balaban J connectivity index is 2.23. The van der Waals surface area contributed by atoms with Gasteiger partial charge in [0.05, 0.1) is 32.0 Å². The minimum atomic E-state index is -1.60. The second kappa shape index (κ2) is 42.5. The summed E-state index contributed by atoms with van der Waals surface area (Å²) >= 11 is 0. The molecule has 11 heteroatoms. The van der Waals surface area contributed by atoms with Crippen molar-refractivity contribution in [1.29, 1.82) is 0 Å². The summed E-state index contributed by atoms with van der Waals surface area (Å²) in [5.74, 6) is -0.342. The van der Waals surface area contributed by atoms with Crippen molar-refractivity contribution < 1.29 is 49.3 Å². The predicted octanol–water partition coefficient (Wildman–Crippen LogP) is 9.88. The summed E-state index contributed by atoms with van der Waals surface area (Å²) in [6.07, 6.45) is 45.5. The molecule has 1 amide bonds. The van der Waals surface area contributed by atoms with Gasteiger partial charge in [0.25, 0.3) is 0 Å². The number of ether oxygens (including phenoxy) is 3. The molecule has 0 aromatic rings. The van der Waals surface area contributed by atoms with Crippen LogP contribution in [0.4, 0.5) is 0 Å². The van der Waals surface area contributed by atoms with E-state index in [0.717, 1.165) is 89.9 Å². The van der Waals surface area contributed by atoms with Crippen molar-refractivity contribution >= 4 is 11.9 Å². The van der Waals surface area contributed by atoms with E-state index in [1.807, 2.05) is 18.2 Å². The number of nitrogens with one attached hydrogen (secondary N) is 1. The Morgan fingerprint density at radius 2 is 1.12 bits per heavy atom. The highest BCUT2D eigenvalue weighted by molar-refractivity contribution is 5.76. The maximum Gasteiger partial charge on any atom is 0.305 e. The van der Waals surface area contributed by atoms with E-state index in [0.29, 0.717) is 25.9 Å². The molecular weight excluding hydrogens is 811 g/mol. The summed E-state index contributed by atoms with van der Waals surface area (Å²) in [4.78, 5) is 24.9. The molecule has 0 radical (unpaired) electrons. The molecule has 1 heterocycles. The monoisotopic (exact) mass is 900 g/mol. The van der Waals surface area contributed by atoms with E-state index in [4.69, 9.17) is 14.2 Å². The molecule has 0 aliphatic carbocycles. The van der Waals surface area contributed by atoms with Gasteiger partial charge in [-0.25, -0.2) is 0 Å². The normalized spacial score (nSPS) is 20.6. The zero-order valence-corrected chi connectivity index (χ0v) is 39.7. The second-order valence-electron chi connectivity index (χ2n) is 16.8. The molecule has 1 saturated heterocycles. The van der Waals surface area contributed by atoms with Crippen molar-refractivity contribution in [3.8, 4) is 0 Å². The fraction of sp³-hybridized carbons (Fsp3) is 0.698. The number of hydrogen-bond donors (Lipinski definition) is 6. The van der Waals surface area contributed by atoms with E-state index in [1.54, 1.807) is 6.08 Å². The molecule has 7 atom stereocenters. The van der Waals surface area contributed by atoms with Gasteiger partial charge in [0.2, 0.25) is 5.91 Å². The summed E-state index contributed by atoms with van der Waals surface area (Å²) in [5, 5.41) is 54.0. The van der Waals surface area contributed by atoms with E-state index >= 15 is 0 Å². The van der Waals surface area contributed by atoms with Crippen LogP contribution in [0.3, 0.4) is 0 Å². The van der Waals surface area contributed by atoms with Gasteiger partial charge in [-0.3, -0.25) is 9.59 Å². The number of aliphatic hydroxyl groups excluding tert-OH is 5. The molecule has 366 valence electrons.